The van der Waals surface area contributed by atoms with Gasteiger partial charge >= 0.3 is 0 Å². The number of para-hydroxylation sites is 1. The van der Waals surface area contributed by atoms with E-state index in [0.717, 1.165) is 0 Å². The lowest BCUT2D eigenvalue weighted by molar-refractivity contribution is 0.0996. The molecule has 0 aliphatic heterocycles. The van der Waals surface area contributed by atoms with Crippen LogP contribution in [-0.4, -0.2) is 41.8 Å². The number of nitrogens with zero attached hydrogens (tertiary/aromatic N) is 7. The van der Waals surface area contributed by atoms with Crippen LogP contribution in [0.5, 0.6) is 0 Å². The molecule has 1 amide bonds. The van der Waals surface area contributed by atoms with Crippen LogP contribution < -0.4 is 11.1 Å². The molecular weight excluding hydrogens is 578 g/mol. The summed E-state index contributed by atoms with van der Waals surface area (Å²) in [6.07, 6.45) is 0. The maximum atomic E-state index is 12.1. The first-order valence-electron chi connectivity index (χ1n) is 11.1. The third-order valence-electron chi connectivity index (χ3n) is 5.22. The summed E-state index contributed by atoms with van der Waals surface area (Å²) in [5.41, 5.74) is 13.8. The Morgan fingerprint density at radius 1 is 0.878 bits per heavy atom. The minimum absolute atomic E-state index is 0.0184. The SMILES string of the molecule is [N-]=[N+]=NC(=O)c1cc(S(=O)(=O)O)c(N=Nc2c(N)nc(-c3ccccc3)nc2Nc2ccccc2)cc1S(=O)(=O)O. The molecule has 5 N–H and O–H groups in total. The van der Waals surface area contributed by atoms with Gasteiger partial charge in [-0.1, -0.05) is 48.5 Å². The lowest BCUT2D eigenvalue weighted by atomic mass is 10.2. The molecule has 0 aliphatic carbocycles. The Bertz CT molecular complexity index is 1950. The summed E-state index contributed by atoms with van der Waals surface area (Å²) < 4.78 is 67.5. The molecule has 1 heterocycles. The molecule has 0 radical (unpaired) electrons. The molecule has 1 aromatic heterocycles. The van der Waals surface area contributed by atoms with Gasteiger partial charge in [0, 0.05) is 21.7 Å². The molecule has 4 rings (SSSR count). The Hall–Kier alpha value is -5.26. The van der Waals surface area contributed by atoms with Crippen LogP contribution in [0, 0.1) is 0 Å². The van der Waals surface area contributed by atoms with Crippen molar-refractivity contribution in [1.29, 1.82) is 0 Å². The van der Waals surface area contributed by atoms with Crippen molar-refractivity contribution >= 4 is 54.8 Å². The van der Waals surface area contributed by atoms with Crippen molar-refractivity contribution in [3.8, 4) is 11.4 Å². The topological polar surface area (TPSA) is 263 Å². The van der Waals surface area contributed by atoms with Crippen LogP contribution in [0.15, 0.2) is 97.9 Å². The van der Waals surface area contributed by atoms with Crippen LogP contribution in [0.2, 0.25) is 0 Å². The first-order chi connectivity index (χ1) is 19.4. The number of hydrogen-bond donors (Lipinski definition) is 4. The van der Waals surface area contributed by atoms with Crippen molar-refractivity contribution in [2.24, 2.45) is 15.3 Å². The maximum absolute atomic E-state index is 12.1. The van der Waals surface area contributed by atoms with Gasteiger partial charge in [0.25, 0.3) is 26.1 Å². The number of nitrogens with two attached hydrogens (primary N) is 1. The molecule has 0 aliphatic rings. The van der Waals surface area contributed by atoms with Crippen molar-refractivity contribution in [2.45, 2.75) is 9.79 Å². The molecule has 0 atom stereocenters. The van der Waals surface area contributed by atoms with Gasteiger partial charge in [0.15, 0.2) is 23.1 Å². The number of aromatic nitrogens is 2. The fourth-order valence-corrected chi connectivity index (χ4v) is 4.76. The van der Waals surface area contributed by atoms with Crippen LogP contribution in [0.1, 0.15) is 10.4 Å². The summed E-state index contributed by atoms with van der Waals surface area (Å²) >= 11 is 0. The second-order valence-electron chi connectivity index (χ2n) is 7.95. The van der Waals surface area contributed by atoms with E-state index in [1.807, 2.05) is 0 Å². The molecule has 18 heteroatoms. The van der Waals surface area contributed by atoms with E-state index in [9.17, 15) is 30.7 Å². The molecular formula is C23H17N9O7S2. The average Bonchev–Trinajstić information content (AvgIpc) is 2.92. The molecule has 0 fully saturated rings. The van der Waals surface area contributed by atoms with Crippen molar-refractivity contribution < 1.29 is 30.7 Å². The van der Waals surface area contributed by atoms with Gasteiger partial charge in [-0.25, -0.2) is 9.97 Å². The van der Waals surface area contributed by atoms with E-state index >= 15 is 0 Å². The molecule has 0 saturated heterocycles. The maximum Gasteiger partial charge on any atom is 0.296 e. The summed E-state index contributed by atoms with van der Waals surface area (Å²) in [6, 6.07) is 18.2. The highest BCUT2D eigenvalue weighted by Gasteiger charge is 2.27. The van der Waals surface area contributed by atoms with Crippen LogP contribution >= 0.6 is 0 Å². The van der Waals surface area contributed by atoms with Gasteiger partial charge in [0.2, 0.25) is 0 Å². The molecule has 41 heavy (non-hydrogen) atoms. The summed E-state index contributed by atoms with van der Waals surface area (Å²) in [6.45, 7) is 0. The molecule has 16 nitrogen and oxygen atoms in total. The van der Waals surface area contributed by atoms with Crippen LogP contribution in [-0.2, 0) is 20.2 Å². The van der Waals surface area contributed by atoms with E-state index in [-0.39, 0.29) is 23.1 Å². The van der Waals surface area contributed by atoms with Gasteiger partial charge < -0.3 is 11.1 Å². The van der Waals surface area contributed by atoms with Crippen LogP contribution in [0.25, 0.3) is 21.8 Å². The number of anilines is 3. The van der Waals surface area contributed by atoms with Crippen LogP contribution in [0.3, 0.4) is 0 Å². The molecule has 0 spiro atoms. The average molecular weight is 596 g/mol. The minimum atomic E-state index is -5.20. The number of carbonyl (C=O) groups excluding carboxylic acids is 1. The van der Waals surface area contributed by atoms with Gasteiger partial charge in [-0.3, -0.25) is 13.9 Å². The number of nitrogens with one attached hydrogen (secondary N) is 1. The fraction of sp³-hybridized carbons (Fsp3) is 0. The quantitative estimate of drug-likeness (QED) is 0.0927. The number of azide groups is 1. The highest BCUT2D eigenvalue weighted by molar-refractivity contribution is 7.86. The summed E-state index contributed by atoms with van der Waals surface area (Å²) in [4.78, 5) is 20.8. The van der Waals surface area contributed by atoms with Crippen molar-refractivity contribution in [3.63, 3.8) is 0 Å². The Balaban J connectivity index is 1.94. The number of carbonyl (C=O) groups is 1. The first-order valence-corrected chi connectivity index (χ1v) is 14.0. The largest absolute Gasteiger partial charge is 0.382 e. The third kappa shape index (κ3) is 6.67. The predicted octanol–water partition coefficient (Wildman–Crippen LogP) is 4.83. The van der Waals surface area contributed by atoms with E-state index in [4.69, 9.17) is 11.3 Å². The number of nitrogen functional groups attached to an aromatic ring is 1. The first kappa shape index (κ1) is 28.7. The van der Waals surface area contributed by atoms with Gasteiger partial charge in [0.05, 0.1) is 0 Å². The summed E-state index contributed by atoms with van der Waals surface area (Å²) in [5, 5.41) is 13.3. The third-order valence-corrected chi connectivity index (χ3v) is 7.00. The highest BCUT2D eigenvalue weighted by atomic mass is 32.2. The summed E-state index contributed by atoms with van der Waals surface area (Å²) in [5.74, 6) is -1.56. The Kier molecular flexibility index (Phi) is 8.03. The van der Waals surface area contributed by atoms with Crippen LogP contribution in [0.4, 0.5) is 28.7 Å². The smallest absolute Gasteiger partial charge is 0.296 e. The standard InChI is InChI=1S/C23H17N9O7S2/c24-20-19(22(26-14-9-5-2-6-10-14)28-21(27-20)13-7-3-1-4-8-13)30-29-16-12-17(40(34,35)36)15(23(33)31-32-25)11-18(16)41(37,38)39/h1-12H,(H,34,35,36)(H,37,38,39)(H3,24,26,27,28). The molecule has 4 aromatic rings. The molecule has 3 aromatic carbocycles. The zero-order chi connectivity index (χ0) is 29.8. The number of azo groups is 1. The van der Waals surface area contributed by atoms with E-state index in [0.29, 0.717) is 23.4 Å². The Morgan fingerprint density at radius 3 is 2.07 bits per heavy atom. The van der Waals surface area contributed by atoms with Crippen molar-refractivity contribution in [2.75, 3.05) is 11.1 Å². The van der Waals surface area contributed by atoms with Gasteiger partial charge in [0.1, 0.15) is 15.5 Å². The number of benzene rings is 3. The monoisotopic (exact) mass is 595 g/mol. The van der Waals surface area contributed by atoms with E-state index in [2.05, 4.69) is 35.5 Å². The molecule has 0 saturated carbocycles. The molecule has 0 bridgehead atoms. The summed E-state index contributed by atoms with van der Waals surface area (Å²) in [7, 11) is -10.4. The highest BCUT2D eigenvalue weighted by Crippen LogP contribution is 2.37. The predicted molar refractivity (Wildman–Crippen MR) is 145 cm³/mol. The number of hydrogen-bond acceptors (Lipinski definition) is 11. The normalized spacial score (nSPS) is 11.7. The molecule has 0 unspecified atom stereocenters. The second-order valence-corrected chi connectivity index (χ2v) is 10.7. The second kappa shape index (κ2) is 11.5. The Morgan fingerprint density at radius 2 is 1.49 bits per heavy atom. The zero-order valence-corrected chi connectivity index (χ0v) is 22.0. The lowest BCUT2D eigenvalue weighted by Crippen LogP contribution is -2.10. The minimum Gasteiger partial charge on any atom is -0.382 e. The van der Waals surface area contributed by atoms with Crippen molar-refractivity contribution in [1.82, 2.24) is 9.97 Å². The Labute approximate surface area is 231 Å². The van der Waals surface area contributed by atoms with Gasteiger partial charge in [-0.2, -0.15) is 16.8 Å². The number of rotatable bonds is 8. The van der Waals surface area contributed by atoms with Gasteiger partial charge in [-0.15, -0.1) is 10.2 Å². The van der Waals surface area contributed by atoms with E-state index < -0.39 is 47.2 Å². The number of amides is 1. The van der Waals surface area contributed by atoms with E-state index in [1.54, 1.807) is 60.7 Å². The van der Waals surface area contributed by atoms with Crippen molar-refractivity contribution in [3.05, 3.63) is 88.8 Å². The fourth-order valence-electron chi connectivity index (χ4n) is 3.45. The van der Waals surface area contributed by atoms with Gasteiger partial charge in [-0.05, 0) is 34.9 Å². The lowest BCUT2D eigenvalue weighted by Gasteiger charge is -2.12. The molecule has 208 valence electrons. The van der Waals surface area contributed by atoms with E-state index in [1.165, 1.54) is 0 Å². The zero-order valence-electron chi connectivity index (χ0n) is 20.4.